The maximum atomic E-state index is 8.36. The Hall–Kier alpha value is -2.10. The molecule has 17 heavy (non-hydrogen) atoms. The van der Waals surface area contributed by atoms with E-state index < -0.39 is 20.3 Å². The molecule has 0 bridgehead atoms. The number of rotatable bonds is 0. The van der Waals surface area contributed by atoms with Crippen LogP contribution >= 0.6 is 0 Å². The van der Waals surface area contributed by atoms with Gasteiger partial charge in [-0.25, -0.2) is 0 Å². The van der Waals surface area contributed by atoms with Gasteiger partial charge >= 0.3 is 32.7 Å². The molecule has 0 aliphatic carbocycles. The molecule has 17 heteroatoms. The Morgan fingerprint density at radius 2 is 0.588 bits per heavy atom. The van der Waals surface area contributed by atoms with Crippen molar-refractivity contribution in [1.29, 1.82) is 0 Å². The van der Waals surface area contributed by atoms with Crippen LogP contribution in [-0.2, 0) is 32.7 Å². The number of nitrogens with zero attached hydrogens (tertiary/aromatic N) is 4. The van der Waals surface area contributed by atoms with Crippen LogP contribution in [-0.4, -0.2) is 25.6 Å². The van der Waals surface area contributed by atoms with Gasteiger partial charge < -0.3 is 51.2 Å². The Labute approximate surface area is 114 Å². The summed E-state index contributed by atoms with van der Waals surface area (Å²) in [6, 6.07) is 0. The Bertz CT molecular complexity index is 159. The molecule has 0 aliphatic rings. The van der Waals surface area contributed by atoms with E-state index in [4.69, 9.17) is 61.3 Å². The second-order valence-corrected chi connectivity index (χ2v) is 0.909. The quantitative estimate of drug-likeness (QED) is 0.408. The molecule has 0 unspecified atom stereocenters. The van der Waals surface area contributed by atoms with Gasteiger partial charge in [-0.2, -0.15) is 0 Å². The molecule has 0 aromatic heterocycles. The molecule has 16 nitrogen and oxygen atoms in total. The van der Waals surface area contributed by atoms with E-state index in [0.717, 1.165) is 0 Å². The van der Waals surface area contributed by atoms with E-state index in [1.807, 2.05) is 0 Å². The SMILES string of the molecule is O=[N+]([O-])O.O=[N+]([O-])[O-].O=[N+]([O-])[O-].O=[N+]([O-])[O-].[Y+3]. The summed E-state index contributed by atoms with van der Waals surface area (Å²) >= 11 is 0. The average molecular weight is 338 g/mol. The van der Waals surface area contributed by atoms with Crippen LogP contribution in [0.4, 0.5) is 0 Å². The van der Waals surface area contributed by atoms with E-state index in [-0.39, 0.29) is 32.7 Å². The number of hydrogen-bond donors (Lipinski definition) is 1. The summed E-state index contributed by atoms with van der Waals surface area (Å²) in [7, 11) is 0. The van der Waals surface area contributed by atoms with E-state index in [1.165, 1.54) is 0 Å². The maximum absolute atomic E-state index is 8.36. The van der Waals surface area contributed by atoms with Crippen molar-refractivity contribution in [2.45, 2.75) is 0 Å². The van der Waals surface area contributed by atoms with E-state index in [2.05, 4.69) is 0 Å². The molecule has 0 fully saturated rings. The minimum Gasteiger partial charge on any atom is -0.356 e. The molecule has 0 spiro atoms. The van der Waals surface area contributed by atoms with Crippen LogP contribution in [0.25, 0.3) is 0 Å². The van der Waals surface area contributed by atoms with Crippen molar-refractivity contribution in [1.82, 2.24) is 0 Å². The molecular weight excluding hydrogens is 337 g/mol. The molecule has 1 N–H and O–H groups in total. The first-order valence-corrected chi connectivity index (χ1v) is 2.21. The fourth-order valence-electron chi connectivity index (χ4n) is 0. The van der Waals surface area contributed by atoms with Crippen LogP contribution in [0.3, 0.4) is 0 Å². The van der Waals surface area contributed by atoms with Gasteiger partial charge in [-0.15, -0.1) is 10.1 Å². The van der Waals surface area contributed by atoms with Crippen LogP contribution in [0.15, 0.2) is 0 Å². The smallest absolute Gasteiger partial charge is 0.356 e. The van der Waals surface area contributed by atoms with Crippen molar-refractivity contribution in [2.75, 3.05) is 0 Å². The summed E-state index contributed by atoms with van der Waals surface area (Å²) in [5, 5.41) is 57.9. The third-order valence-electron chi connectivity index (χ3n) is 0. The first-order valence-electron chi connectivity index (χ1n) is 2.21. The Morgan fingerprint density at radius 3 is 0.588 bits per heavy atom. The van der Waals surface area contributed by atoms with Crippen LogP contribution < -0.4 is 0 Å². The fraction of sp³-hybridized carbons (Fsp3) is 0. The largest absolute Gasteiger partial charge is 3.00 e. The van der Waals surface area contributed by atoms with Crippen molar-refractivity contribution in [2.24, 2.45) is 0 Å². The zero-order valence-electron chi connectivity index (χ0n) is 7.30. The van der Waals surface area contributed by atoms with E-state index in [1.54, 1.807) is 0 Å². The third kappa shape index (κ3) is 448. The van der Waals surface area contributed by atoms with Gasteiger partial charge in [-0.05, 0) is 0 Å². The van der Waals surface area contributed by atoms with E-state index >= 15 is 0 Å². The summed E-state index contributed by atoms with van der Waals surface area (Å²) in [4.78, 5) is 33.1. The zero-order chi connectivity index (χ0) is 14.3. The zero-order valence-corrected chi connectivity index (χ0v) is 10.1. The molecular formula is HN4O12Y. The molecule has 0 heterocycles. The first-order chi connectivity index (χ1) is 6.93. The maximum Gasteiger partial charge on any atom is 3.00 e. The molecule has 0 aromatic carbocycles. The molecule has 0 saturated heterocycles. The predicted molar refractivity (Wildman–Crippen MR) is 39.9 cm³/mol. The standard InChI is InChI=1S/HNO3.3NO3.Y/c4*2-1(3)4;/h(H,2,3,4);;;;/q;3*-1;+3. The van der Waals surface area contributed by atoms with Crippen LogP contribution in [0.5, 0.6) is 0 Å². The predicted octanol–water partition coefficient (Wildman–Crippen LogP) is -1.07. The normalized spacial score (nSPS) is 5.65. The van der Waals surface area contributed by atoms with Crippen molar-refractivity contribution < 1.29 is 58.3 Å². The molecule has 0 saturated carbocycles. The Balaban J connectivity index is -0.0000000369. The van der Waals surface area contributed by atoms with Crippen molar-refractivity contribution >= 4 is 0 Å². The van der Waals surface area contributed by atoms with Gasteiger partial charge in [0.1, 0.15) is 0 Å². The molecule has 0 radical (unpaired) electrons. The van der Waals surface area contributed by atoms with Gasteiger partial charge in [0.2, 0.25) is 0 Å². The molecule has 96 valence electrons. The van der Waals surface area contributed by atoms with E-state index in [0.29, 0.717) is 0 Å². The van der Waals surface area contributed by atoms with Gasteiger partial charge in [-0.1, -0.05) is 0 Å². The topological polar surface area (TPSA) is 262 Å². The van der Waals surface area contributed by atoms with Crippen molar-refractivity contribution in [3.63, 3.8) is 0 Å². The molecule has 0 aromatic rings. The van der Waals surface area contributed by atoms with E-state index in [9.17, 15) is 0 Å². The number of hydrogen-bond acceptors (Lipinski definition) is 11. The fourth-order valence-corrected chi connectivity index (χ4v) is 0. The van der Waals surface area contributed by atoms with Gasteiger partial charge in [0.05, 0.1) is 15.3 Å². The van der Waals surface area contributed by atoms with Gasteiger partial charge in [-0.3, -0.25) is 0 Å². The summed E-state index contributed by atoms with van der Waals surface area (Å²) in [6.07, 6.45) is 0. The third-order valence-corrected chi connectivity index (χ3v) is 0. The molecule has 0 rings (SSSR count). The monoisotopic (exact) mass is 338 g/mol. The summed E-state index contributed by atoms with van der Waals surface area (Å²) < 4.78 is 0. The minimum atomic E-state index is -1.75. The summed E-state index contributed by atoms with van der Waals surface area (Å²) in [5.41, 5.74) is 0. The molecule has 0 atom stereocenters. The second-order valence-electron chi connectivity index (χ2n) is 0.909. The first kappa shape index (κ1) is 29.4. The van der Waals surface area contributed by atoms with Gasteiger partial charge in [0.15, 0.2) is 0 Å². The van der Waals surface area contributed by atoms with Crippen LogP contribution in [0.2, 0.25) is 0 Å². The van der Waals surface area contributed by atoms with Crippen LogP contribution in [0.1, 0.15) is 0 Å². The molecule has 0 aliphatic heterocycles. The molecule has 0 amide bonds. The van der Waals surface area contributed by atoms with Gasteiger partial charge in [0, 0.05) is 0 Å². The Kier molecular flexibility index (Phi) is 40.8. The van der Waals surface area contributed by atoms with Crippen LogP contribution in [0, 0.1) is 56.1 Å². The van der Waals surface area contributed by atoms with Crippen molar-refractivity contribution in [3.8, 4) is 0 Å². The summed E-state index contributed by atoms with van der Waals surface area (Å²) in [6.45, 7) is 0. The Morgan fingerprint density at radius 1 is 0.588 bits per heavy atom. The van der Waals surface area contributed by atoms with Gasteiger partial charge in [0.25, 0.3) is 5.09 Å². The van der Waals surface area contributed by atoms with Crippen molar-refractivity contribution in [3.05, 3.63) is 56.1 Å². The summed E-state index contributed by atoms with van der Waals surface area (Å²) in [5.74, 6) is 0. The average Bonchev–Trinajstić information content (AvgIpc) is 1.76. The second kappa shape index (κ2) is 23.6. The minimum absolute atomic E-state index is 0.